The summed E-state index contributed by atoms with van der Waals surface area (Å²) in [5.74, 6) is -2.59. The van der Waals surface area contributed by atoms with Gasteiger partial charge in [0.2, 0.25) is 0 Å². The van der Waals surface area contributed by atoms with Crippen LogP contribution in [0.2, 0.25) is 0 Å². The molecule has 0 aliphatic rings. The number of hydrogen-bond donors (Lipinski definition) is 0. The lowest BCUT2D eigenvalue weighted by molar-refractivity contribution is 0.0509. The van der Waals surface area contributed by atoms with Crippen molar-refractivity contribution in [3.63, 3.8) is 0 Å². The molecule has 0 amide bonds. The Bertz CT molecular complexity index is 95.1. The molecular formula is C7H12F2. The number of hydrogen-bond acceptors (Lipinski definition) is 0. The zero-order valence-electron chi connectivity index (χ0n) is 5.82. The highest BCUT2D eigenvalue weighted by Crippen LogP contribution is 2.18. The summed E-state index contributed by atoms with van der Waals surface area (Å²) in [5, 5.41) is 0. The van der Waals surface area contributed by atoms with Crippen LogP contribution >= 0.6 is 0 Å². The average molecular weight is 134 g/mol. The fourth-order valence-electron chi connectivity index (χ4n) is 0.408. The Labute approximate surface area is 54.6 Å². The molecule has 9 heavy (non-hydrogen) atoms. The molecule has 0 saturated heterocycles. The lowest BCUT2D eigenvalue weighted by Crippen LogP contribution is -2.08. The Balaban J connectivity index is 3.70. The van der Waals surface area contributed by atoms with Crippen LogP contribution in [-0.2, 0) is 0 Å². The summed E-state index contributed by atoms with van der Waals surface area (Å²) in [4.78, 5) is 0. The summed E-state index contributed by atoms with van der Waals surface area (Å²) in [6.07, 6.45) is 3.02. The number of halogens is 2. The fourth-order valence-corrected chi connectivity index (χ4v) is 0.408. The van der Waals surface area contributed by atoms with E-state index in [1.165, 1.54) is 13.0 Å². The highest BCUT2D eigenvalue weighted by atomic mass is 19.3. The van der Waals surface area contributed by atoms with Crippen LogP contribution in [0.15, 0.2) is 12.2 Å². The van der Waals surface area contributed by atoms with Gasteiger partial charge in [-0.15, -0.1) is 0 Å². The first-order valence-electron chi connectivity index (χ1n) is 3.18. The minimum atomic E-state index is -2.59. The van der Waals surface area contributed by atoms with Crippen LogP contribution < -0.4 is 0 Å². The van der Waals surface area contributed by atoms with E-state index in [0.29, 0.717) is 6.42 Å². The molecule has 0 rings (SSSR count). The van der Waals surface area contributed by atoms with Gasteiger partial charge in [0.1, 0.15) is 0 Å². The van der Waals surface area contributed by atoms with Crippen molar-refractivity contribution in [3.8, 4) is 0 Å². The first-order chi connectivity index (χ1) is 4.12. The van der Waals surface area contributed by atoms with Crippen molar-refractivity contribution in [2.75, 3.05) is 0 Å². The summed E-state index contributed by atoms with van der Waals surface area (Å²) in [6.45, 7) is 3.31. The van der Waals surface area contributed by atoms with Gasteiger partial charge in [0.05, 0.1) is 0 Å². The Hall–Kier alpha value is -0.400. The molecule has 0 radical (unpaired) electrons. The third-order valence-electron chi connectivity index (χ3n) is 1.07. The molecular weight excluding hydrogens is 122 g/mol. The van der Waals surface area contributed by atoms with Crippen LogP contribution in [0.25, 0.3) is 0 Å². The highest BCUT2D eigenvalue weighted by molar-refractivity contribution is 4.92. The molecule has 0 saturated carbocycles. The predicted molar refractivity (Wildman–Crippen MR) is 34.7 cm³/mol. The molecule has 0 N–H and O–H groups in total. The van der Waals surface area contributed by atoms with E-state index in [1.807, 2.05) is 6.92 Å². The van der Waals surface area contributed by atoms with E-state index < -0.39 is 5.92 Å². The lowest BCUT2D eigenvalue weighted by Gasteiger charge is -2.05. The molecule has 0 bridgehead atoms. The molecule has 54 valence electrons. The molecule has 0 aliphatic heterocycles. The van der Waals surface area contributed by atoms with E-state index in [2.05, 4.69) is 0 Å². The highest BCUT2D eigenvalue weighted by Gasteiger charge is 2.20. The van der Waals surface area contributed by atoms with Gasteiger partial charge < -0.3 is 0 Å². The van der Waals surface area contributed by atoms with E-state index in [9.17, 15) is 8.78 Å². The van der Waals surface area contributed by atoms with Crippen LogP contribution in [0.4, 0.5) is 8.78 Å². The fraction of sp³-hybridized carbons (Fsp3) is 0.714. The summed E-state index contributed by atoms with van der Waals surface area (Å²) < 4.78 is 24.5. The molecule has 0 nitrogen and oxygen atoms in total. The topological polar surface area (TPSA) is 0 Å². The number of allylic oxidation sites excluding steroid dienone is 2. The first kappa shape index (κ1) is 8.60. The van der Waals surface area contributed by atoms with Crippen LogP contribution in [0, 0.1) is 0 Å². The quantitative estimate of drug-likeness (QED) is 0.520. The largest absolute Gasteiger partial charge is 0.266 e. The van der Waals surface area contributed by atoms with Gasteiger partial charge in [0.15, 0.2) is 0 Å². The Morgan fingerprint density at radius 2 is 1.89 bits per heavy atom. The molecule has 0 aromatic rings. The zero-order chi connectivity index (χ0) is 7.33. The van der Waals surface area contributed by atoms with E-state index in [1.54, 1.807) is 0 Å². The monoisotopic (exact) mass is 134 g/mol. The first-order valence-corrected chi connectivity index (χ1v) is 3.18. The Kier molecular flexibility index (Phi) is 3.43. The van der Waals surface area contributed by atoms with Crippen molar-refractivity contribution < 1.29 is 8.78 Å². The van der Waals surface area contributed by atoms with Gasteiger partial charge in [-0.3, -0.25) is 0 Å². The average Bonchev–Trinajstić information content (AvgIpc) is 1.84. The van der Waals surface area contributed by atoms with Gasteiger partial charge in [-0.2, -0.15) is 0 Å². The molecule has 0 aromatic carbocycles. The number of rotatable bonds is 3. The van der Waals surface area contributed by atoms with Crippen molar-refractivity contribution in [2.45, 2.75) is 32.6 Å². The molecule has 0 aliphatic carbocycles. The molecule has 0 atom stereocenters. The second kappa shape index (κ2) is 3.59. The SMILES string of the molecule is CC/C=C/C(F)(F)CC. The van der Waals surface area contributed by atoms with E-state index in [4.69, 9.17) is 0 Å². The van der Waals surface area contributed by atoms with Crippen LogP contribution in [-0.4, -0.2) is 5.92 Å². The Morgan fingerprint density at radius 3 is 2.22 bits per heavy atom. The Morgan fingerprint density at radius 1 is 1.33 bits per heavy atom. The zero-order valence-corrected chi connectivity index (χ0v) is 5.82. The molecule has 0 unspecified atom stereocenters. The molecule has 2 heteroatoms. The van der Waals surface area contributed by atoms with Gasteiger partial charge in [-0.05, 0) is 12.5 Å². The smallest absolute Gasteiger partial charge is 0.202 e. The maximum atomic E-state index is 12.3. The van der Waals surface area contributed by atoms with E-state index in [0.717, 1.165) is 6.08 Å². The lowest BCUT2D eigenvalue weighted by atomic mass is 10.2. The van der Waals surface area contributed by atoms with Crippen molar-refractivity contribution in [3.05, 3.63) is 12.2 Å². The van der Waals surface area contributed by atoms with Gasteiger partial charge in [-0.25, -0.2) is 8.78 Å². The van der Waals surface area contributed by atoms with Crippen LogP contribution in [0.3, 0.4) is 0 Å². The minimum absolute atomic E-state index is 0.108. The third-order valence-corrected chi connectivity index (χ3v) is 1.07. The van der Waals surface area contributed by atoms with Crippen molar-refractivity contribution >= 4 is 0 Å². The molecule has 0 fully saturated rings. The minimum Gasteiger partial charge on any atom is -0.202 e. The maximum absolute atomic E-state index is 12.3. The molecule has 0 spiro atoms. The second-order valence-electron chi connectivity index (χ2n) is 1.93. The van der Waals surface area contributed by atoms with Gasteiger partial charge in [0.25, 0.3) is 5.92 Å². The second-order valence-corrected chi connectivity index (χ2v) is 1.93. The van der Waals surface area contributed by atoms with Gasteiger partial charge >= 0.3 is 0 Å². The van der Waals surface area contributed by atoms with E-state index >= 15 is 0 Å². The molecule has 0 heterocycles. The normalized spacial score (nSPS) is 12.9. The van der Waals surface area contributed by atoms with Gasteiger partial charge in [-0.1, -0.05) is 19.9 Å². The third kappa shape index (κ3) is 4.13. The van der Waals surface area contributed by atoms with Crippen molar-refractivity contribution in [1.82, 2.24) is 0 Å². The van der Waals surface area contributed by atoms with E-state index in [-0.39, 0.29) is 6.42 Å². The summed E-state index contributed by atoms with van der Waals surface area (Å²) in [7, 11) is 0. The van der Waals surface area contributed by atoms with Gasteiger partial charge in [0, 0.05) is 6.42 Å². The maximum Gasteiger partial charge on any atom is 0.266 e. The summed E-state index contributed by atoms with van der Waals surface area (Å²) in [6, 6.07) is 0. The summed E-state index contributed by atoms with van der Waals surface area (Å²) >= 11 is 0. The summed E-state index contributed by atoms with van der Waals surface area (Å²) in [5.41, 5.74) is 0. The number of alkyl halides is 2. The van der Waals surface area contributed by atoms with Crippen LogP contribution in [0.5, 0.6) is 0 Å². The van der Waals surface area contributed by atoms with Crippen molar-refractivity contribution in [2.24, 2.45) is 0 Å². The van der Waals surface area contributed by atoms with Crippen LogP contribution in [0.1, 0.15) is 26.7 Å². The van der Waals surface area contributed by atoms with Crippen molar-refractivity contribution in [1.29, 1.82) is 0 Å². The predicted octanol–water partition coefficient (Wildman–Crippen LogP) is 3.00. The standard InChI is InChI=1S/C7H12F2/c1-3-5-6-7(8,9)4-2/h5-6H,3-4H2,1-2H3/b6-5+. The molecule has 0 aromatic heterocycles.